The minimum atomic E-state index is -0.952. The van der Waals surface area contributed by atoms with E-state index >= 15 is 0 Å². The lowest BCUT2D eigenvalue weighted by Crippen LogP contribution is -2.50. The quantitative estimate of drug-likeness (QED) is 0.662. The van der Waals surface area contributed by atoms with Crippen molar-refractivity contribution in [1.82, 2.24) is 5.32 Å². The van der Waals surface area contributed by atoms with Gasteiger partial charge in [-0.2, -0.15) is 0 Å². The summed E-state index contributed by atoms with van der Waals surface area (Å²) in [5.74, 6) is -1.75. The maximum absolute atomic E-state index is 13.1. The van der Waals surface area contributed by atoms with Crippen molar-refractivity contribution in [1.29, 1.82) is 0 Å². The summed E-state index contributed by atoms with van der Waals surface area (Å²) in [4.78, 5) is 39.6. The van der Waals surface area contributed by atoms with Crippen LogP contribution in [-0.2, 0) is 19.1 Å². The van der Waals surface area contributed by atoms with Gasteiger partial charge in [0.25, 0.3) is 0 Å². The topological polar surface area (TPSA) is 75.7 Å². The molecule has 0 radical (unpaired) electrons. The Bertz CT molecular complexity index is 811. The van der Waals surface area contributed by atoms with Gasteiger partial charge in [-0.1, -0.05) is 51.1 Å². The van der Waals surface area contributed by atoms with E-state index in [0.717, 1.165) is 0 Å². The van der Waals surface area contributed by atoms with Crippen molar-refractivity contribution < 1.29 is 19.1 Å². The molecule has 0 saturated carbocycles. The number of hydrogen-bond acceptors (Lipinski definition) is 4. The Labute approximate surface area is 152 Å². The van der Waals surface area contributed by atoms with E-state index in [1.54, 1.807) is 24.3 Å². The second kappa shape index (κ2) is 5.51. The smallest absolute Gasteiger partial charge is 0.241 e. The summed E-state index contributed by atoms with van der Waals surface area (Å²) >= 11 is 0. The SMILES string of the molecule is CC(C)(C)C(=O)NC[C@]12C=C[C@@H](O1)[C@@H]1C(=O)N(c3ccccc3)C(=O)[C@@H]12. The van der Waals surface area contributed by atoms with Crippen molar-refractivity contribution in [3.05, 3.63) is 42.5 Å². The molecule has 136 valence electrons. The molecule has 2 bridgehead atoms. The van der Waals surface area contributed by atoms with Gasteiger partial charge in [-0.05, 0) is 12.1 Å². The van der Waals surface area contributed by atoms with Crippen LogP contribution in [0, 0.1) is 17.3 Å². The molecule has 26 heavy (non-hydrogen) atoms. The molecule has 0 aromatic heterocycles. The Morgan fingerprint density at radius 3 is 2.54 bits per heavy atom. The first-order valence-electron chi connectivity index (χ1n) is 8.83. The minimum Gasteiger partial charge on any atom is -0.360 e. The number of nitrogens with one attached hydrogen (secondary N) is 1. The van der Waals surface area contributed by atoms with E-state index < -0.39 is 29.0 Å². The number of hydrogen-bond donors (Lipinski definition) is 1. The second-order valence-electron chi connectivity index (χ2n) is 8.18. The average Bonchev–Trinajstić information content (AvgIpc) is 3.23. The molecule has 1 aromatic rings. The van der Waals surface area contributed by atoms with Crippen molar-refractivity contribution >= 4 is 23.4 Å². The van der Waals surface area contributed by atoms with E-state index in [1.807, 2.05) is 39.0 Å². The fourth-order valence-electron chi connectivity index (χ4n) is 4.02. The normalized spacial score (nSPS) is 32.3. The number of para-hydroxylation sites is 1. The summed E-state index contributed by atoms with van der Waals surface area (Å²) in [7, 11) is 0. The first-order chi connectivity index (χ1) is 12.2. The van der Waals surface area contributed by atoms with E-state index in [0.29, 0.717) is 5.69 Å². The molecule has 4 atom stereocenters. The van der Waals surface area contributed by atoms with Crippen LogP contribution < -0.4 is 10.2 Å². The standard InChI is InChI=1S/C20H22N2O4/c1-19(2,3)18(25)21-11-20-10-9-13(26-20)14-15(20)17(24)22(16(14)23)12-7-5-4-6-8-12/h4-10,13-15H,11H2,1-3H3,(H,21,25)/t13-,14+,15-,20+/m1/s1. The van der Waals surface area contributed by atoms with Gasteiger partial charge in [0.1, 0.15) is 5.60 Å². The largest absolute Gasteiger partial charge is 0.360 e. The maximum atomic E-state index is 13.1. The lowest BCUT2D eigenvalue weighted by Gasteiger charge is -2.30. The van der Waals surface area contributed by atoms with E-state index in [1.165, 1.54) is 4.90 Å². The van der Waals surface area contributed by atoms with E-state index in [4.69, 9.17) is 4.74 Å². The lowest BCUT2D eigenvalue weighted by molar-refractivity contribution is -0.132. The van der Waals surface area contributed by atoms with Crippen LogP contribution in [-0.4, -0.2) is 36.0 Å². The third-order valence-electron chi connectivity index (χ3n) is 5.38. The molecule has 4 rings (SSSR count). The molecule has 0 unspecified atom stereocenters. The Hall–Kier alpha value is -2.47. The van der Waals surface area contributed by atoms with Gasteiger partial charge >= 0.3 is 0 Å². The van der Waals surface area contributed by atoms with E-state index in [9.17, 15) is 14.4 Å². The molecule has 2 fully saturated rings. The first-order valence-corrected chi connectivity index (χ1v) is 8.83. The molecule has 0 spiro atoms. The summed E-state index contributed by atoms with van der Waals surface area (Å²) in [6, 6.07) is 8.94. The fourth-order valence-corrected chi connectivity index (χ4v) is 4.02. The van der Waals surface area contributed by atoms with Gasteiger partial charge in [-0.15, -0.1) is 0 Å². The third kappa shape index (κ3) is 2.32. The van der Waals surface area contributed by atoms with Gasteiger partial charge in [0.2, 0.25) is 17.7 Å². The highest BCUT2D eigenvalue weighted by molar-refractivity contribution is 6.23. The summed E-state index contributed by atoms with van der Waals surface area (Å²) in [5.41, 5.74) is -0.917. The Kier molecular flexibility index (Phi) is 3.60. The van der Waals surface area contributed by atoms with Crippen LogP contribution in [0.1, 0.15) is 20.8 Å². The molecule has 1 aromatic carbocycles. The minimum absolute atomic E-state index is 0.118. The zero-order valence-corrected chi connectivity index (χ0v) is 15.1. The predicted octanol–water partition coefficient (Wildman–Crippen LogP) is 1.66. The molecule has 3 aliphatic heterocycles. The second-order valence-corrected chi connectivity index (χ2v) is 8.18. The predicted molar refractivity (Wildman–Crippen MR) is 95.1 cm³/mol. The van der Waals surface area contributed by atoms with Crippen LogP contribution in [0.15, 0.2) is 42.5 Å². The van der Waals surface area contributed by atoms with E-state index in [2.05, 4.69) is 5.32 Å². The molecule has 1 N–H and O–H groups in total. The Morgan fingerprint density at radius 2 is 1.88 bits per heavy atom. The van der Waals surface area contributed by atoms with Gasteiger partial charge in [0.15, 0.2) is 0 Å². The van der Waals surface area contributed by atoms with Crippen LogP contribution >= 0.6 is 0 Å². The van der Waals surface area contributed by atoms with Gasteiger partial charge < -0.3 is 10.1 Å². The highest BCUT2D eigenvalue weighted by Crippen LogP contribution is 2.52. The first kappa shape index (κ1) is 17.0. The summed E-state index contributed by atoms with van der Waals surface area (Å²) in [6.07, 6.45) is 3.25. The number of fused-ring (bicyclic) bond motifs is 5. The van der Waals surface area contributed by atoms with Crippen LogP contribution in [0.4, 0.5) is 5.69 Å². The average molecular weight is 354 g/mol. The summed E-state index contributed by atoms with van der Waals surface area (Å²) in [5, 5.41) is 2.89. The van der Waals surface area contributed by atoms with Gasteiger partial charge in [0.05, 0.1) is 30.2 Å². The van der Waals surface area contributed by atoms with Crippen LogP contribution in [0.2, 0.25) is 0 Å². The molecular weight excluding hydrogens is 332 g/mol. The molecule has 2 saturated heterocycles. The third-order valence-corrected chi connectivity index (χ3v) is 5.38. The zero-order chi connectivity index (χ0) is 18.7. The number of amides is 3. The lowest BCUT2D eigenvalue weighted by atomic mass is 9.76. The summed E-state index contributed by atoms with van der Waals surface area (Å²) in [6.45, 7) is 5.66. The van der Waals surface area contributed by atoms with E-state index in [-0.39, 0.29) is 24.3 Å². The molecule has 3 amide bonds. The fraction of sp³-hybridized carbons (Fsp3) is 0.450. The highest BCUT2D eigenvalue weighted by atomic mass is 16.5. The van der Waals surface area contributed by atoms with Crippen LogP contribution in [0.25, 0.3) is 0 Å². The monoisotopic (exact) mass is 354 g/mol. The Balaban J connectivity index is 1.62. The molecular formula is C20H22N2O4. The number of carbonyl (C=O) groups is 3. The van der Waals surface area contributed by atoms with Crippen molar-refractivity contribution in [2.75, 3.05) is 11.4 Å². The molecule has 0 aliphatic carbocycles. The number of anilines is 1. The number of rotatable bonds is 3. The van der Waals surface area contributed by atoms with Gasteiger partial charge in [0, 0.05) is 5.41 Å². The maximum Gasteiger partial charge on any atom is 0.241 e. The van der Waals surface area contributed by atoms with Crippen LogP contribution in [0.5, 0.6) is 0 Å². The summed E-state index contributed by atoms with van der Waals surface area (Å²) < 4.78 is 6.02. The van der Waals surface area contributed by atoms with Gasteiger partial charge in [-0.3, -0.25) is 14.4 Å². The molecule has 3 aliphatic rings. The number of benzene rings is 1. The number of carbonyl (C=O) groups excluding carboxylic acids is 3. The van der Waals surface area contributed by atoms with Crippen molar-refractivity contribution in [3.8, 4) is 0 Å². The number of nitrogens with zero attached hydrogens (tertiary/aromatic N) is 1. The molecule has 6 nitrogen and oxygen atoms in total. The van der Waals surface area contributed by atoms with Gasteiger partial charge in [-0.25, -0.2) is 4.90 Å². The number of imide groups is 1. The molecule has 6 heteroatoms. The zero-order valence-electron chi connectivity index (χ0n) is 15.1. The highest BCUT2D eigenvalue weighted by Gasteiger charge is 2.67. The van der Waals surface area contributed by atoms with Crippen LogP contribution in [0.3, 0.4) is 0 Å². The van der Waals surface area contributed by atoms with Crippen molar-refractivity contribution in [3.63, 3.8) is 0 Å². The number of ether oxygens (including phenoxy) is 1. The molecule has 3 heterocycles. The van der Waals surface area contributed by atoms with Crippen molar-refractivity contribution in [2.45, 2.75) is 32.5 Å². The van der Waals surface area contributed by atoms with Crippen molar-refractivity contribution in [2.24, 2.45) is 17.3 Å². The Morgan fingerprint density at radius 1 is 1.19 bits per heavy atom.